The van der Waals surface area contributed by atoms with Crippen LogP contribution in [0.2, 0.25) is 5.02 Å². The Balaban J connectivity index is 1.62. The Morgan fingerprint density at radius 1 is 1.14 bits per heavy atom. The molecule has 0 saturated carbocycles. The highest BCUT2D eigenvalue weighted by Crippen LogP contribution is 2.30. The molecular formula is C26H21ClF2N4O2. The lowest BCUT2D eigenvalue weighted by Crippen LogP contribution is -2.24. The maximum atomic E-state index is 14.9. The Bertz CT molecular complexity index is 1330. The van der Waals surface area contributed by atoms with Gasteiger partial charge in [-0.2, -0.15) is 5.10 Å². The van der Waals surface area contributed by atoms with Gasteiger partial charge in [-0.15, -0.1) is 0 Å². The monoisotopic (exact) mass is 494 g/mol. The summed E-state index contributed by atoms with van der Waals surface area (Å²) in [6.45, 7) is -0.732. The smallest absolute Gasteiger partial charge is 0.277 e. The summed E-state index contributed by atoms with van der Waals surface area (Å²) >= 11 is 5.93. The Morgan fingerprint density at radius 3 is 2.66 bits per heavy atom. The largest absolute Gasteiger partial charge is 0.393 e. The second-order valence-electron chi connectivity index (χ2n) is 7.81. The van der Waals surface area contributed by atoms with Gasteiger partial charge in [0.05, 0.1) is 23.6 Å². The van der Waals surface area contributed by atoms with E-state index in [9.17, 15) is 18.7 Å². The fraction of sp³-hybridized carbons (Fsp3) is 0.154. The first-order chi connectivity index (χ1) is 17.0. The van der Waals surface area contributed by atoms with Crippen LogP contribution in [-0.4, -0.2) is 45.2 Å². The molecule has 6 nitrogen and oxygen atoms in total. The molecule has 0 bridgehead atoms. The molecule has 9 heteroatoms. The van der Waals surface area contributed by atoms with Gasteiger partial charge < -0.3 is 5.11 Å². The number of hydrogen-bond acceptors (Lipinski definition) is 4. The Kier molecular flexibility index (Phi) is 7.74. The van der Waals surface area contributed by atoms with Gasteiger partial charge in [-0.05, 0) is 42.5 Å². The number of aliphatic hydroxyl groups is 1. The van der Waals surface area contributed by atoms with Gasteiger partial charge in [0, 0.05) is 46.6 Å². The minimum absolute atomic E-state index is 0.00240. The molecule has 1 amide bonds. The molecule has 4 aromatic rings. The molecule has 0 saturated heterocycles. The summed E-state index contributed by atoms with van der Waals surface area (Å²) < 4.78 is 29.2. The van der Waals surface area contributed by atoms with Crippen LogP contribution in [0.25, 0.3) is 22.5 Å². The molecular weight excluding hydrogens is 474 g/mol. The van der Waals surface area contributed by atoms with E-state index >= 15 is 0 Å². The summed E-state index contributed by atoms with van der Waals surface area (Å²) in [7, 11) is 0. The first-order valence-electron chi connectivity index (χ1n) is 10.8. The van der Waals surface area contributed by atoms with E-state index in [1.165, 1.54) is 18.2 Å². The highest BCUT2D eigenvalue weighted by molar-refractivity contribution is 6.30. The van der Waals surface area contributed by atoms with Crippen LogP contribution in [0.5, 0.6) is 0 Å². The van der Waals surface area contributed by atoms with Gasteiger partial charge >= 0.3 is 0 Å². The minimum Gasteiger partial charge on any atom is -0.393 e. The van der Waals surface area contributed by atoms with E-state index < -0.39 is 30.4 Å². The summed E-state index contributed by atoms with van der Waals surface area (Å²) in [5, 5.41) is 16.9. The molecule has 4 rings (SSSR count). The summed E-state index contributed by atoms with van der Waals surface area (Å²) in [4.78, 5) is 21.0. The third kappa shape index (κ3) is 5.85. The van der Waals surface area contributed by atoms with Crippen molar-refractivity contribution in [1.29, 1.82) is 0 Å². The van der Waals surface area contributed by atoms with Crippen molar-refractivity contribution in [3.8, 4) is 22.5 Å². The van der Waals surface area contributed by atoms with Crippen LogP contribution in [0.4, 0.5) is 8.78 Å². The van der Waals surface area contributed by atoms with E-state index in [1.807, 2.05) is 0 Å². The number of carbonyl (C=O) groups excluding carboxylic acids is 1. The quantitative estimate of drug-likeness (QED) is 0.324. The van der Waals surface area contributed by atoms with Crippen molar-refractivity contribution >= 4 is 23.7 Å². The SMILES string of the molecule is O=C(N=CC(Cc1ccccn1)[C@H](F)CO)c1cccc(F)c1-c1cc(-c2ccc(Cl)cc2)n[nH]1. The molecule has 2 atom stereocenters. The van der Waals surface area contributed by atoms with Gasteiger partial charge in [0.25, 0.3) is 5.91 Å². The van der Waals surface area contributed by atoms with E-state index in [-0.39, 0.29) is 23.2 Å². The zero-order chi connectivity index (χ0) is 24.8. The van der Waals surface area contributed by atoms with Gasteiger partial charge in [-0.1, -0.05) is 35.9 Å². The van der Waals surface area contributed by atoms with E-state index in [0.717, 1.165) is 11.8 Å². The number of hydrogen-bond donors (Lipinski definition) is 2. The standard InChI is InChI=1S/C26H21ClF2N4O2/c27-18-9-7-16(8-10-18)23-13-24(33-32-23)25-20(5-3-6-21(25)28)26(35)31-14-17(22(29)15-34)12-19-4-1-2-11-30-19/h1-11,13-14,17,22,34H,12,15H2,(H,32,33)/t17?,22-/m1/s1. The fourth-order valence-corrected chi connectivity index (χ4v) is 3.72. The average molecular weight is 495 g/mol. The third-order valence-electron chi connectivity index (χ3n) is 5.42. The summed E-state index contributed by atoms with van der Waals surface area (Å²) in [6.07, 6.45) is 1.22. The number of aromatic amines is 1. The topological polar surface area (TPSA) is 91.2 Å². The molecule has 2 aromatic heterocycles. The molecule has 2 heterocycles. The number of aromatic nitrogens is 3. The molecule has 0 fully saturated rings. The zero-order valence-corrected chi connectivity index (χ0v) is 19.2. The highest BCUT2D eigenvalue weighted by Gasteiger charge is 2.22. The summed E-state index contributed by atoms with van der Waals surface area (Å²) in [6, 6.07) is 17.9. The summed E-state index contributed by atoms with van der Waals surface area (Å²) in [5.74, 6) is -2.28. The van der Waals surface area contributed by atoms with Crippen molar-refractivity contribution in [1.82, 2.24) is 15.2 Å². The van der Waals surface area contributed by atoms with E-state index in [1.54, 1.807) is 54.7 Å². The predicted molar refractivity (Wildman–Crippen MR) is 131 cm³/mol. The number of pyridine rings is 1. The molecule has 0 spiro atoms. The van der Waals surface area contributed by atoms with Crippen LogP contribution >= 0.6 is 11.6 Å². The molecule has 0 aliphatic carbocycles. The fourth-order valence-electron chi connectivity index (χ4n) is 3.60. The van der Waals surface area contributed by atoms with Crippen molar-refractivity contribution in [2.24, 2.45) is 10.9 Å². The Morgan fingerprint density at radius 2 is 1.94 bits per heavy atom. The second kappa shape index (κ2) is 11.1. The number of aliphatic hydroxyl groups excluding tert-OH is 1. The van der Waals surface area contributed by atoms with Gasteiger partial charge in [-0.25, -0.2) is 13.8 Å². The van der Waals surface area contributed by atoms with Crippen molar-refractivity contribution in [2.45, 2.75) is 12.6 Å². The van der Waals surface area contributed by atoms with E-state index in [2.05, 4.69) is 20.2 Å². The van der Waals surface area contributed by atoms with Crippen molar-refractivity contribution < 1.29 is 18.7 Å². The van der Waals surface area contributed by atoms with Gasteiger partial charge in [0.15, 0.2) is 0 Å². The van der Waals surface area contributed by atoms with Crippen molar-refractivity contribution in [3.05, 3.63) is 95.0 Å². The Hall–Kier alpha value is -3.75. The molecule has 178 valence electrons. The van der Waals surface area contributed by atoms with Crippen LogP contribution in [0.3, 0.4) is 0 Å². The predicted octanol–water partition coefficient (Wildman–Crippen LogP) is 5.33. The number of carbonyl (C=O) groups is 1. The van der Waals surface area contributed by atoms with Crippen LogP contribution in [-0.2, 0) is 6.42 Å². The minimum atomic E-state index is -1.64. The average Bonchev–Trinajstić information content (AvgIpc) is 3.36. The maximum absolute atomic E-state index is 14.9. The molecule has 0 aliphatic heterocycles. The van der Waals surface area contributed by atoms with Gasteiger partial charge in [0.1, 0.15) is 12.0 Å². The highest BCUT2D eigenvalue weighted by atomic mass is 35.5. The lowest BCUT2D eigenvalue weighted by molar-refractivity contribution is 0.100. The number of nitrogens with zero attached hydrogens (tertiary/aromatic N) is 3. The van der Waals surface area contributed by atoms with Gasteiger partial charge in [-0.3, -0.25) is 14.9 Å². The van der Waals surface area contributed by atoms with Crippen molar-refractivity contribution in [3.63, 3.8) is 0 Å². The second-order valence-corrected chi connectivity index (χ2v) is 8.24. The third-order valence-corrected chi connectivity index (χ3v) is 5.68. The number of alkyl halides is 1. The van der Waals surface area contributed by atoms with E-state index in [4.69, 9.17) is 11.6 Å². The van der Waals surface area contributed by atoms with Crippen molar-refractivity contribution in [2.75, 3.05) is 6.61 Å². The summed E-state index contributed by atoms with van der Waals surface area (Å²) in [5.41, 5.74) is 2.17. The molecule has 35 heavy (non-hydrogen) atoms. The lowest BCUT2D eigenvalue weighted by atomic mass is 9.98. The first-order valence-corrected chi connectivity index (χ1v) is 11.2. The number of H-pyrrole nitrogens is 1. The molecule has 2 aromatic carbocycles. The first kappa shape index (κ1) is 24.4. The van der Waals surface area contributed by atoms with Gasteiger partial charge in [0.2, 0.25) is 0 Å². The molecule has 2 N–H and O–H groups in total. The van der Waals surface area contributed by atoms with Crippen LogP contribution in [0.15, 0.2) is 77.9 Å². The normalized spacial score (nSPS) is 13.1. The number of nitrogens with one attached hydrogen (secondary N) is 1. The Labute approximate surface area is 205 Å². The molecule has 0 aliphatic rings. The number of amides is 1. The lowest BCUT2D eigenvalue weighted by Gasteiger charge is -2.14. The molecule has 1 unspecified atom stereocenters. The number of rotatable bonds is 8. The number of benzene rings is 2. The number of aliphatic imine (C=N–C) groups is 1. The zero-order valence-electron chi connectivity index (χ0n) is 18.4. The van der Waals surface area contributed by atoms with Crippen LogP contribution < -0.4 is 0 Å². The molecule has 0 radical (unpaired) electrons. The maximum Gasteiger partial charge on any atom is 0.277 e. The number of halogens is 3. The van der Waals surface area contributed by atoms with E-state index in [0.29, 0.717) is 16.4 Å². The van der Waals surface area contributed by atoms with Crippen LogP contribution in [0.1, 0.15) is 16.1 Å². The van der Waals surface area contributed by atoms with Crippen LogP contribution in [0, 0.1) is 11.7 Å².